The van der Waals surface area contributed by atoms with Crippen LogP contribution >= 0.6 is 0 Å². The Morgan fingerprint density at radius 2 is 2.23 bits per heavy atom. The Bertz CT molecular complexity index is 284. The van der Waals surface area contributed by atoms with E-state index >= 15 is 0 Å². The molecule has 0 spiro atoms. The van der Waals surface area contributed by atoms with Gasteiger partial charge in [-0.1, -0.05) is 6.07 Å². The van der Waals surface area contributed by atoms with Gasteiger partial charge in [0.1, 0.15) is 0 Å². The van der Waals surface area contributed by atoms with Crippen LogP contribution in [0.1, 0.15) is 22.8 Å². The molecular formula is C10H11O2Zn-. The molecule has 0 heterocycles. The molecular weight excluding hydrogens is 217 g/mol. The van der Waals surface area contributed by atoms with E-state index in [1.54, 1.807) is 25.1 Å². The molecule has 1 aromatic rings. The molecule has 0 aliphatic rings. The van der Waals surface area contributed by atoms with Crippen LogP contribution in [0.3, 0.4) is 0 Å². The van der Waals surface area contributed by atoms with Crippen LogP contribution in [0.5, 0.6) is 0 Å². The predicted octanol–water partition coefficient (Wildman–Crippen LogP) is 2.04. The van der Waals surface area contributed by atoms with Crippen LogP contribution in [-0.4, -0.2) is 12.6 Å². The summed E-state index contributed by atoms with van der Waals surface area (Å²) >= 11 is 0. The summed E-state index contributed by atoms with van der Waals surface area (Å²) in [7, 11) is 0. The molecule has 0 amide bonds. The van der Waals surface area contributed by atoms with Gasteiger partial charge in [0.25, 0.3) is 0 Å². The molecule has 0 fully saturated rings. The van der Waals surface area contributed by atoms with Crippen molar-refractivity contribution in [3.8, 4) is 0 Å². The molecule has 0 N–H and O–H groups in total. The third-order valence-electron chi connectivity index (χ3n) is 1.44. The second-order valence-electron chi connectivity index (χ2n) is 2.42. The van der Waals surface area contributed by atoms with E-state index in [0.717, 1.165) is 5.56 Å². The van der Waals surface area contributed by atoms with Crippen LogP contribution < -0.4 is 0 Å². The first-order chi connectivity index (χ1) is 5.74. The minimum atomic E-state index is -0.289. The second kappa shape index (κ2) is 5.76. The Hall–Kier alpha value is -0.817. The molecule has 1 rings (SSSR count). The number of benzene rings is 1. The predicted molar refractivity (Wildman–Crippen MR) is 46.9 cm³/mol. The Kier molecular flexibility index (Phi) is 5.40. The number of hydrogen-bond acceptors (Lipinski definition) is 2. The zero-order chi connectivity index (χ0) is 8.97. The number of rotatable bonds is 2. The Balaban J connectivity index is 0.00000144. The maximum Gasteiger partial charge on any atom is 0.325 e. The van der Waals surface area contributed by atoms with Gasteiger partial charge >= 0.3 is 5.97 Å². The molecule has 0 radical (unpaired) electrons. The zero-order valence-electron chi connectivity index (χ0n) is 7.75. The van der Waals surface area contributed by atoms with Crippen LogP contribution in [0, 0.1) is 6.92 Å². The Morgan fingerprint density at radius 1 is 1.54 bits per heavy atom. The molecule has 66 valence electrons. The van der Waals surface area contributed by atoms with Crippen molar-refractivity contribution < 1.29 is 29.0 Å². The van der Waals surface area contributed by atoms with E-state index in [4.69, 9.17) is 4.74 Å². The fraction of sp³-hybridized carbons (Fsp3) is 0.200. The minimum Gasteiger partial charge on any atom is -0.463 e. The van der Waals surface area contributed by atoms with Crippen molar-refractivity contribution in [1.82, 2.24) is 0 Å². The number of carbonyl (C=O) groups is 1. The normalized spacial score (nSPS) is 8.69. The van der Waals surface area contributed by atoms with Gasteiger partial charge in [0.15, 0.2) is 0 Å². The topological polar surface area (TPSA) is 26.3 Å². The Morgan fingerprint density at radius 3 is 2.77 bits per heavy atom. The molecule has 0 saturated heterocycles. The van der Waals surface area contributed by atoms with E-state index in [-0.39, 0.29) is 25.4 Å². The van der Waals surface area contributed by atoms with E-state index < -0.39 is 0 Å². The van der Waals surface area contributed by atoms with Gasteiger partial charge in [-0.05, 0) is 6.92 Å². The van der Waals surface area contributed by atoms with Crippen molar-refractivity contribution in [1.29, 1.82) is 0 Å². The molecule has 2 nitrogen and oxygen atoms in total. The molecule has 3 heteroatoms. The van der Waals surface area contributed by atoms with Crippen molar-refractivity contribution in [3.05, 3.63) is 42.3 Å². The van der Waals surface area contributed by atoms with Crippen LogP contribution in [0.25, 0.3) is 0 Å². The van der Waals surface area contributed by atoms with Gasteiger partial charge in [-0.25, -0.2) is 4.79 Å². The van der Waals surface area contributed by atoms with Gasteiger partial charge in [-0.15, -0.1) is 12.1 Å². The van der Waals surface area contributed by atoms with Gasteiger partial charge in [0, 0.05) is 25.0 Å². The first kappa shape index (κ1) is 12.2. The summed E-state index contributed by atoms with van der Waals surface area (Å²) in [5.74, 6) is -0.289. The summed E-state index contributed by atoms with van der Waals surface area (Å²) in [4.78, 5) is 11.1. The average molecular weight is 229 g/mol. The fourth-order valence-corrected chi connectivity index (χ4v) is 0.913. The van der Waals surface area contributed by atoms with Gasteiger partial charge in [0.05, 0.1) is 6.61 Å². The number of carbonyl (C=O) groups excluding carboxylic acids is 1. The third kappa shape index (κ3) is 3.60. The molecule has 0 atom stereocenters. The van der Waals surface area contributed by atoms with Crippen molar-refractivity contribution in [2.75, 3.05) is 6.61 Å². The molecule has 0 unspecified atom stereocenters. The van der Waals surface area contributed by atoms with E-state index in [0.29, 0.717) is 12.2 Å². The smallest absolute Gasteiger partial charge is 0.325 e. The third-order valence-corrected chi connectivity index (χ3v) is 1.44. The van der Waals surface area contributed by atoms with E-state index in [1.807, 2.05) is 6.07 Å². The van der Waals surface area contributed by atoms with Crippen molar-refractivity contribution >= 4 is 5.97 Å². The Labute approximate surface area is 91.0 Å². The first-order valence-electron chi connectivity index (χ1n) is 3.83. The molecule has 0 saturated carbocycles. The largest absolute Gasteiger partial charge is 0.463 e. The summed E-state index contributed by atoms with van der Waals surface area (Å²) in [6.45, 7) is 5.90. The molecule has 0 aliphatic carbocycles. The number of ether oxygens (including phenoxy) is 1. The zero-order valence-corrected chi connectivity index (χ0v) is 10.7. The second-order valence-corrected chi connectivity index (χ2v) is 2.42. The van der Waals surface area contributed by atoms with Crippen LogP contribution in [-0.2, 0) is 24.2 Å². The fourth-order valence-electron chi connectivity index (χ4n) is 0.913. The molecule has 0 bridgehead atoms. The first-order valence-corrected chi connectivity index (χ1v) is 3.83. The average Bonchev–Trinajstić information content (AvgIpc) is 2.05. The summed E-state index contributed by atoms with van der Waals surface area (Å²) in [5, 5.41) is 0. The molecule has 0 aromatic heterocycles. The van der Waals surface area contributed by atoms with Gasteiger partial charge < -0.3 is 4.74 Å². The van der Waals surface area contributed by atoms with Crippen LogP contribution in [0.4, 0.5) is 0 Å². The van der Waals surface area contributed by atoms with Gasteiger partial charge in [0.2, 0.25) is 0 Å². The van der Waals surface area contributed by atoms with Crippen molar-refractivity contribution in [3.63, 3.8) is 0 Å². The summed E-state index contributed by atoms with van der Waals surface area (Å²) in [6.07, 6.45) is 0. The van der Waals surface area contributed by atoms with Crippen LogP contribution in [0.2, 0.25) is 0 Å². The standard InChI is InChI=1S/C10H11O2.Zn/c1-3-12-10(11)9-6-4-5-8(2)7-9;/h4-7H,2-3H2,1H3;/q-1;. The molecule has 0 aliphatic heterocycles. The van der Waals surface area contributed by atoms with E-state index in [9.17, 15) is 4.79 Å². The maximum absolute atomic E-state index is 11.1. The van der Waals surface area contributed by atoms with E-state index in [2.05, 4.69) is 6.92 Å². The molecule has 13 heavy (non-hydrogen) atoms. The van der Waals surface area contributed by atoms with E-state index in [1.165, 1.54) is 0 Å². The van der Waals surface area contributed by atoms with Crippen LogP contribution in [0.15, 0.2) is 24.3 Å². The number of esters is 1. The van der Waals surface area contributed by atoms with Gasteiger partial charge in [-0.2, -0.15) is 18.6 Å². The minimum absolute atomic E-state index is 0. The SMILES string of the molecule is [CH2-]c1cccc(C(=O)OCC)c1.[Zn]. The maximum atomic E-state index is 11.1. The summed E-state index contributed by atoms with van der Waals surface area (Å²) in [5.41, 5.74) is 1.38. The van der Waals surface area contributed by atoms with Crippen molar-refractivity contribution in [2.24, 2.45) is 0 Å². The van der Waals surface area contributed by atoms with Crippen molar-refractivity contribution in [2.45, 2.75) is 6.92 Å². The number of hydrogen-bond donors (Lipinski definition) is 0. The summed E-state index contributed by atoms with van der Waals surface area (Å²) < 4.78 is 4.82. The quantitative estimate of drug-likeness (QED) is 0.440. The monoisotopic (exact) mass is 227 g/mol. The van der Waals surface area contributed by atoms with Gasteiger partial charge in [-0.3, -0.25) is 0 Å². The summed E-state index contributed by atoms with van der Waals surface area (Å²) in [6, 6.07) is 7.04. The molecule has 1 aromatic carbocycles.